The first-order valence-corrected chi connectivity index (χ1v) is 6.86. The maximum atomic E-state index is 10.1. The molecule has 3 heteroatoms. The molecule has 1 aromatic carbocycles. The standard InChI is InChI=1S/C15H24N2O/c1-11(16)12-7-9-13(10-8-12)17(2)14-5-3-4-6-15(14)18/h7-11,14-15,18H,3-6,16H2,1-2H3/t11-,14?,15?/m1/s1. The van der Waals surface area contributed by atoms with Crippen LogP contribution in [0.25, 0.3) is 0 Å². The van der Waals surface area contributed by atoms with Gasteiger partial charge in [-0.05, 0) is 37.5 Å². The Kier molecular flexibility index (Phi) is 4.25. The number of likely N-dealkylation sites (N-methyl/N-ethyl adjacent to an activating group) is 1. The molecule has 0 saturated heterocycles. The van der Waals surface area contributed by atoms with Crippen LogP contribution in [-0.2, 0) is 0 Å². The molecule has 3 nitrogen and oxygen atoms in total. The van der Waals surface area contributed by atoms with Crippen LogP contribution in [0.2, 0.25) is 0 Å². The summed E-state index contributed by atoms with van der Waals surface area (Å²) in [6.07, 6.45) is 4.16. The summed E-state index contributed by atoms with van der Waals surface area (Å²) in [6, 6.07) is 8.67. The number of aliphatic hydroxyl groups is 1. The molecule has 2 unspecified atom stereocenters. The van der Waals surface area contributed by atoms with Gasteiger partial charge in [0.1, 0.15) is 0 Å². The molecule has 0 amide bonds. The van der Waals surface area contributed by atoms with Crippen molar-refractivity contribution in [2.24, 2.45) is 5.73 Å². The third kappa shape index (κ3) is 2.85. The van der Waals surface area contributed by atoms with Gasteiger partial charge < -0.3 is 15.7 Å². The number of anilines is 1. The second kappa shape index (κ2) is 5.72. The molecule has 1 aliphatic carbocycles. The lowest BCUT2D eigenvalue weighted by Gasteiger charge is -2.36. The average Bonchev–Trinajstić information content (AvgIpc) is 2.38. The summed E-state index contributed by atoms with van der Waals surface area (Å²) in [6.45, 7) is 1.99. The van der Waals surface area contributed by atoms with Gasteiger partial charge in [-0.25, -0.2) is 0 Å². The Morgan fingerprint density at radius 3 is 2.39 bits per heavy atom. The molecule has 2 rings (SSSR count). The SMILES string of the molecule is C[C@@H](N)c1ccc(N(C)C2CCCCC2O)cc1. The minimum absolute atomic E-state index is 0.0737. The fourth-order valence-corrected chi connectivity index (χ4v) is 2.75. The van der Waals surface area contributed by atoms with Gasteiger partial charge in [0.25, 0.3) is 0 Å². The van der Waals surface area contributed by atoms with Crippen LogP contribution in [-0.4, -0.2) is 24.3 Å². The van der Waals surface area contributed by atoms with Gasteiger partial charge >= 0.3 is 0 Å². The first kappa shape index (κ1) is 13.4. The van der Waals surface area contributed by atoms with Crippen molar-refractivity contribution in [2.75, 3.05) is 11.9 Å². The first-order chi connectivity index (χ1) is 8.59. The number of hydrogen-bond acceptors (Lipinski definition) is 3. The van der Waals surface area contributed by atoms with E-state index < -0.39 is 0 Å². The van der Waals surface area contributed by atoms with Crippen molar-refractivity contribution in [1.82, 2.24) is 0 Å². The lowest BCUT2D eigenvalue weighted by atomic mass is 9.91. The maximum Gasteiger partial charge on any atom is 0.0743 e. The molecular weight excluding hydrogens is 224 g/mol. The molecule has 100 valence electrons. The predicted molar refractivity (Wildman–Crippen MR) is 75.7 cm³/mol. The summed E-state index contributed by atoms with van der Waals surface area (Å²) >= 11 is 0. The lowest BCUT2D eigenvalue weighted by Crippen LogP contribution is -2.43. The minimum atomic E-state index is -0.197. The van der Waals surface area contributed by atoms with Crippen LogP contribution >= 0.6 is 0 Å². The zero-order chi connectivity index (χ0) is 13.1. The molecule has 0 bridgehead atoms. The molecule has 3 N–H and O–H groups in total. The molecule has 0 heterocycles. The number of rotatable bonds is 3. The van der Waals surface area contributed by atoms with Gasteiger partial charge in [0.15, 0.2) is 0 Å². The van der Waals surface area contributed by atoms with Crippen LogP contribution < -0.4 is 10.6 Å². The molecule has 1 aliphatic rings. The molecular formula is C15H24N2O. The summed E-state index contributed by atoms with van der Waals surface area (Å²) in [7, 11) is 2.07. The smallest absolute Gasteiger partial charge is 0.0743 e. The number of nitrogens with two attached hydrogens (primary N) is 1. The van der Waals surface area contributed by atoms with E-state index in [-0.39, 0.29) is 18.2 Å². The molecule has 0 spiro atoms. The van der Waals surface area contributed by atoms with Crippen LogP contribution in [0.5, 0.6) is 0 Å². The van der Waals surface area contributed by atoms with Gasteiger partial charge in [0.05, 0.1) is 12.1 Å². The third-order valence-corrected chi connectivity index (χ3v) is 4.02. The highest BCUT2D eigenvalue weighted by Crippen LogP contribution is 2.27. The number of aliphatic hydroxyl groups excluding tert-OH is 1. The van der Waals surface area contributed by atoms with E-state index in [0.29, 0.717) is 0 Å². The molecule has 1 aromatic rings. The minimum Gasteiger partial charge on any atom is -0.391 e. The highest BCUT2D eigenvalue weighted by atomic mass is 16.3. The Bertz CT molecular complexity index is 375. The topological polar surface area (TPSA) is 49.5 Å². The summed E-state index contributed by atoms with van der Waals surface area (Å²) in [5.41, 5.74) is 8.16. The molecule has 0 aliphatic heterocycles. The summed E-state index contributed by atoms with van der Waals surface area (Å²) < 4.78 is 0. The maximum absolute atomic E-state index is 10.1. The Morgan fingerprint density at radius 1 is 1.22 bits per heavy atom. The van der Waals surface area contributed by atoms with Crippen molar-refractivity contribution in [1.29, 1.82) is 0 Å². The van der Waals surface area contributed by atoms with Crippen LogP contribution in [0, 0.1) is 0 Å². The highest BCUT2D eigenvalue weighted by Gasteiger charge is 2.26. The zero-order valence-corrected chi connectivity index (χ0v) is 11.3. The summed E-state index contributed by atoms with van der Waals surface area (Å²) in [5.74, 6) is 0. The van der Waals surface area contributed by atoms with Crippen molar-refractivity contribution >= 4 is 5.69 Å². The van der Waals surface area contributed by atoms with E-state index >= 15 is 0 Å². The second-order valence-corrected chi connectivity index (χ2v) is 5.41. The van der Waals surface area contributed by atoms with Crippen LogP contribution in [0.1, 0.15) is 44.2 Å². The van der Waals surface area contributed by atoms with Crippen molar-refractivity contribution < 1.29 is 5.11 Å². The lowest BCUT2D eigenvalue weighted by molar-refractivity contribution is 0.106. The molecule has 0 radical (unpaired) electrons. The van der Waals surface area contributed by atoms with E-state index in [2.05, 4.69) is 36.2 Å². The van der Waals surface area contributed by atoms with Crippen molar-refractivity contribution in [3.05, 3.63) is 29.8 Å². The molecule has 0 aromatic heterocycles. The number of benzene rings is 1. The largest absolute Gasteiger partial charge is 0.391 e. The van der Waals surface area contributed by atoms with Gasteiger partial charge in [-0.2, -0.15) is 0 Å². The molecule has 18 heavy (non-hydrogen) atoms. The normalized spacial score (nSPS) is 25.8. The zero-order valence-electron chi connectivity index (χ0n) is 11.3. The molecule has 3 atom stereocenters. The van der Waals surface area contributed by atoms with E-state index in [1.807, 2.05) is 6.92 Å². The molecule has 1 saturated carbocycles. The Morgan fingerprint density at radius 2 is 1.83 bits per heavy atom. The van der Waals surface area contributed by atoms with Gasteiger partial charge in [-0.3, -0.25) is 0 Å². The van der Waals surface area contributed by atoms with Crippen molar-refractivity contribution in [3.63, 3.8) is 0 Å². The van der Waals surface area contributed by atoms with Crippen LogP contribution in [0.15, 0.2) is 24.3 Å². The fourth-order valence-electron chi connectivity index (χ4n) is 2.75. The van der Waals surface area contributed by atoms with E-state index in [4.69, 9.17) is 5.73 Å². The molecule has 1 fully saturated rings. The van der Waals surface area contributed by atoms with Crippen molar-refractivity contribution in [3.8, 4) is 0 Å². The van der Waals surface area contributed by atoms with E-state index in [1.165, 1.54) is 6.42 Å². The summed E-state index contributed by atoms with van der Waals surface area (Å²) in [4.78, 5) is 2.20. The average molecular weight is 248 g/mol. The Balaban J connectivity index is 2.10. The van der Waals surface area contributed by atoms with Gasteiger partial charge in [-0.1, -0.05) is 25.0 Å². The van der Waals surface area contributed by atoms with E-state index in [9.17, 15) is 5.11 Å². The van der Waals surface area contributed by atoms with Crippen LogP contribution in [0.3, 0.4) is 0 Å². The van der Waals surface area contributed by atoms with E-state index in [0.717, 1.165) is 30.5 Å². The fraction of sp³-hybridized carbons (Fsp3) is 0.600. The van der Waals surface area contributed by atoms with Gasteiger partial charge in [-0.15, -0.1) is 0 Å². The second-order valence-electron chi connectivity index (χ2n) is 5.41. The highest BCUT2D eigenvalue weighted by molar-refractivity contribution is 5.48. The monoisotopic (exact) mass is 248 g/mol. The number of hydrogen-bond donors (Lipinski definition) is 2. The summed E-state index contributed by atoms with van der Waals surface area (Å²) in [5, 5.41) is 10.1. The van der Waals surface area contributed by atoms with Crippen LogP contribution in [0.4, 0.5) is 5.69 Å². The van der Waals surface area contributed by atoms with Gasteiger partial charge in [0.2, 0.25) is 0 Å². The quantitative estimate of drug-likeness (QED) is 0.864. The van der Waals surface area contributed by atoms with Crippen molar-refractivity contribution in [2.45, 2.75) is 50.8 Å². The van der Waals surface area contributed by atoms with Gasteiger partial charge in [0, 0.05) is 18.8 Å². The third-order valence-electron chi connectivity index (χ3n) is 4.02. The van der Waals surface area contributed by atoms with E-state index in [1.54, 1.807) is 0 Å². The Hall–Kier alpha value is -1.06. The predicted octanol–water partition coefficient (Wildman–Crippen LogP) is 2.45. The first-order valence-electron chi connectivity index (χ1n) is 6.86. The number of nitrogens with zero attached hydrogens (tertiary/aromatic N) is 1. The Labute approximate surface area is 110 Å².